The monoisotopic (exact) mass is 270 g/mol. The Kier molecular flexibility index (Phi) is 4.75. The zero-order chi connectivity index (χ0) is 11.3. The first-order valence-electron chi connectivity index (χ1n) is 4.88. The van der Waals surface area contributed by atoms with Gasteiger partial charge >= 0.3 is 0 Å². The fourth-order valence-electron chi connectivity index (χ4n) is 1.29. The first kappa shape index (κ1) is 12.2. The van der Waals surface area contributed by atoms with Crippen molar-refractivity contribution in [2.24, 2.45) is 0 Å². The molecular formula is C11H15BrN2O. The lowest BCUT2D eigenvalue weighted by Crippen LogP contribution is -2.28. The summed E-state index contributed by atoms with van der Waals surface area (Å²) in [5, 5.41) is 0.913. The normalized spacial score (nSPS) is 10.1. The van der Waals surface area contributed by atoms with Gasteiger partial charge in [-0.3, -0.25) is 9.78 Å². The van der Waals surface area contributed by atoms with Gasteiger partial charge < -0.3 is 4.90 Å². The van der Waals surface area contributed by atoms with Crippen molar-refractivity contribution in [3.05, 3.63) is 29.6 Å². The summed E-state index contributed by atoms with van der Waals surface area (Å²) < 4.78 is 0. The number of aryl methyl sites for hydroxylation is 1. The number of hydrogen-bond donors (Lipinski definition) is 0. The zero-order valence-corrected chi connectivity index (χ0v) is 10.6. The minimum absolute atomic E-state index is 0.0344. The Labute approximate surface area is 98.6 Å². The van der Waals surface area contributed by atoms with Gasteiger partial charge in [0.25, 0.3) is 5.91 Å². The van der Waals surface area contributed by atoms with Crippen molar-refractivity contribution < 1.29 is 4.79 Å². The number of carbonyl (C=O) groups excluding carboxylic acids is 1. The van der Waals surface area contributed by atoms with E-state index in [-0.39, 0.29) is 5.91 Å². The third kappa shape index (κ3) is 3.63. The Hall–Kier alpha value is -0.900. The molecule has 3 nitrogen and oxygen atoms in total. The Bertz CT molecular complexity index is 341. The molecule has 1 aromatic rings. The molecule has 0 fully saturated rings. The predicted octanol–water partition coefficient (Wildman–Crippen LogP) is 2.25. The van der Waals surface area contributed by atoms with Gasteiger partial charge in [-0.15, -0.1) is 0 Å². The van der Waals surface area contributed by atoms with Crippen molar-refractivity contribution in [1.82, 2.24) is 9.88 Å². The van der Waals surface area contributed by atoms with E-state index in [2.05, 4.69) is 20.9 Å². The van der Waals surface area contributed by atoms with Gasteiger partial charge in [0.05, 0.1) is 5.56 Å². The average molecular weight is 271 g/mol. The highest BCUT2D eigenvalue weighted by Gasteiger charge is 2.11. The van der Waals surface area contributed by atoms with Crippen LogP contribution in [0.5, 0.6) is 0 Å². The lowest BCUT2D eigenvalue weighted by molar-refractivity contribution is 0.0795. The molecule has 0 N–H and O–H groups in total. The third-order valence-corrected chi connectivity index (χ3v) is 2.66. The molecule has 0 aliphatic rings. The lowest BCUT2D eigenvalue weighted by atomic mass is 10.2. The number of nitrogens with zero attached hydrogens (tertiary/aromatic N) is 2. The number of amides is 1. The molecule has 0 atom stereocenters. The SMILES string of the molecule is Cc1cncc(C(=O)N(C)CCCBr)c1. The highest BCUT2D eigenvalue weighted by atomic mass is 79.9. The summed E-state index contributed by atoms with van der Waals surface area (Å²) in [6.45, 7) is 2.69. The van der Waals surface area contributed by atoms with E-state index in [9.17, 15) is 4.79 Å². The average Bonchev–Trinajstić information content (AvgIpc) is 2.24. The maximum atomic E-state index is 11.9. The van der Waals surface area contributed by atoms with Crippen LogP contribution in [0.4, 0.5) is 0 Å². The third-order valence-electron chi connectivity index (χ3n) is 2.10. The zero-order valence-electron chi connectivity index (χ0n) is 9.03. The molecule has 4 heteroatoms. The molecule has 0 aliphatic carbocycles. The van der Waals surface area contributed by atoms with E-state index in [4.69, 9.17) is 0 Å². The quantitative estimate of drug-likeness (QED) is 0.787. The summed E-state index contributed by atoms with van der Waals surface area (Å²) >= 11 is 3.34. The molecule has 0 bridgehead atoms. The first-order valence-corrected chi connectivity index (χ1v) is 6.00. The molecule has 1 aromatic heterocycles. The maximum Gasteiger partial charge on any atom is 0.255 e. The van der Waals surface area contributed by atoms with Gasteiger partial charge in [0.1, 0.15) is 0 Å². The van der Waals surface area contributed by atoms with Crippen LogP contribution >= 0.6 is 15.9 Å². The molecule has 1 amide bonds. The first-order chi connectivity index (χ1) is 7.15. The topological polar surface area (TPSA) is 33.2 Å². The summed E-state index contributed by atoms with van der Waals surface area (Å²) in [5.74, 6) is 0.0344. The number of rotatable bonds is 4. The Balaban J connectivity index is 2.67. The summed E-state index contributed by atoms with van der Waals surface area (Å²) in [4.78, 5) is 17.6. The summed E-state index contributed by atoms with van der Waals surface area (Å²) in [6.07, 6.45) is 4.32. The van der Waals surface area contributed by atoms with Gasteiger partial charge in [-0.05, 0) is 25.0 Å². The molecule has 1 rings (SSSR count). The Morgan fingerprint density at radius 2 is 2.27 bits per heavy atom. The molecule has 0 spiro atoms. The fraction of sp³-hybridized carbons (Fsp3) is 0.455. The number of hydrogen-bond acceptors (Lipinski definition) is 2. The molecule has 15 heavy (non-hydrogen) atoms. The molecule has 0 aliphatic heterocycles. The summed E-state index contributed by atoms with van der Waals surface area (Å²) in [7, 11) is 1.81. The van der Waals surface area contributed by atoms with Gasteiger partial charge in [0.15, 0.2) is 0 Å². The number of carbonyl (C=O) groups is 1. The van der Waals surface area contributed by atoms with Crippen LogP contribution in [-0.2, 0) is 0 Å². The highest BCUT2D eigenvalue weighted by Crippen LogP contribution is 2.05. The second kappa shape index (κ2) is 5.85. The van der Waals surface area contributed by atoms with Crippen LogP contribution in [0.2, 0.25) is 0 Å². The van der Waals surface area contributed by atoms with Gasteiger partial charge in [-0.1, -0.05) is 15.9 Å². The molecular weight excluding hydrogens is 256 g/mol. The molecule has 0 unspecified atom stereocenters. The number of aromatic nitrogens is 1. The minimum Gasteiger partial charge on any atom is -0.342 e. The van der Waals surface area contributed by atoms with Gasteiger partial charge in [-0.2, -0.15) is 0 Å². The second-order valence-corrected chi connectivity index (χ2v) is 4.31. The van der Waals surface area contributed by atoms with Crippen molar-refractivity contribution in [3.63, 3.8) is 0 Å². The Morgan fingerprint density at radius 1 is 1.53 bits per heavy atom. The van der Waals surface area contributed by atoms with Crippen LogP contribution in [0.15, 0.2) is 18.5 Å². The molecule has 0 saturated heterocycles. The number of alkyl halides is 1. The van der Waals surface area contributed by atoms with Crippen molar-refractivity contribution >= 4 is 21.8 Å². The highest BCUT2D eigenvalue weighted by molar-refractivity contribution is 9.09. The van der Waals surface area contributed by atoms with Crippen molar-refractivity contribution in [2.75, 3.05) is 18.9 Å². The molecule has 0 radical (unpaired) electrons. The molecule has 1 heterocycles. The van der Waals surface area contributed by atoms with Crippen molar-refractivity contribution in [3.8, 4) is 0 Å². The molecule has 0 saturated carbocycles. The van der Waals surface area contributed by atoms with Gasteiger partial charge in [-0.25, -0.2) is 0 Å². The van der Waals surface area contributed by atoms with Gasteiger partial charge in [0, 0.05) is 31.3 Å². The number of pyridine rings is 1. The minimum atomic E-state index is 0.0344. The molecule has 82 valence electrons. The van der Waals surface area contributed by atoms with E-state index < -0.39 is 0 Å². The molecule has 0 aromatic carbocycles. The van der Waals surface area contributed by atoms with Crippen LogP contribution in [0.1, 0.15) is 22.3 Å². The van der Waals surface area contributed by atoms with Crippen LogP contribution in [-0.4, -0.2) is 34.7 Å². The van der Waals surface area contributed by atoms with Crippen LogP contribution in [0.3, 0.4) is 0 Å². The van der Waals surface area contributed by atoms with Crippen LogP contribution in [0.25, 0.3) is 0 Å². The summed E-state index contributed by atoms with van der Waals surface area (Å²) in [5.41, 5.74) is 1.67. The van der Waals surface area contributed by atoms with E-state index >= 15 is 0 Å². The van der Waals surface area contributed by atoms with E-state index in [0.29, 0.717) is 5.56 Å². The van der Waals surface area contributed by atoms with Crippen LogP contribution < -0.4 is 0 Å². The van der Waals surface area contributed by atoms with E-state index in [0.717, 1.165) is 23.9 Å². The smallest absolute Gasteiger partial charge is 0.255 e. The lowest BCUT2D eigenvalue weighted by Gasteiger charge is -2.16. The van der Waals surface area contributed by atoms with E-state index in [1.54, 1.807) is 17.3 Å². The fourth-order valence-corrected chi connectivity index (χ4v) is 1.54. The van der Waals surface area contributed by atoms with Crippen molar-refractivity contribution in [1.29, 1.82) is 0 Å². The Morgan fingerprint density at radius 3 is 2.87 bits per heavy atom. The standard InChI is InChI=1S/C11H15BrN2O/c1-9-6-10(8-13-7-9)11(15)14(2)5-3-4-12/h6-8H,3-5H2,1-2H3. The number of halogens is 1. The van der Waals surface area contributed by atoms with Gasteiger partial charge in [0.2, 0.25) is 0 Å². The second-order valence-electron chi connectivity index (χ2n) is 3.52. The maximum absolute atomic E-state index is 11.9. The van der Waals surface area contributed by atoms with E-state index in [1.165, 1.54) is 0 Å². The summed E-state index contributed by atoms with van der Waals surface area (Å²) in [6, 6.07) is 1.86. The van der Waals surface area contributed by atoms with Crippen molar-refractivity contribution in [2.45, 2.75) is 13.3 Å². The van der Waals surface area contributed by atoms with Crippen LogP contribution in [0, 0.1) is 6.92 Å². The van der Waals surface area contributed by atoms with E-state index in [1.807, 2.05) is 20.0 Å². The predicted molar refractivity (Wildman–Crippen MR) is 64.3 cm³/mol. The largest absolute Gasteiger partial charge is 0.342 e.